The molecule has 1 saturated heterocycles. The van der Waals surface area contributed by atoms with E-state index in [1.54, 1.807) is 0 Å². The molecule has 0 aromatic heterocycles. The molecule has 1 fully saturated rings. The molecular weight excluding hydrogens is 216 g/mol. The number of nitrogens with zero attached hydrogens (tertiary/aromatic N) is 1. The van der Waals surface area contributed by atoms with Gasteiger partial charge in [-0.15, -0.1) is 0 Å². The lowest BCUT2D eigenvalue weighted by Gasteiger charge is -2.39. The Labute approximate surface area is 104 Å². The van der Waals surface area contributed by atoms with Crippen molar-refractivity contribution in [3.8, 4) is 0 Å². The minimum atomic E-state index is -0.236. The minimum absolute atomic E-state index is 0.0303. The van der Waals surface area contributed by atoms with Crippen LogP contribution < -0.4 is 5.73 Å². The van der Waals surface area contributed by atoms with Crippen LogP contribution in [0.2, 0.25) is 0 Å². The number of carbonyl (C=O) groups excluding carboxylic acids is 1. The Hall–Kier alpha value is -0.610. The molecule has 4 heteroatoms. The summed E-state index contributed by atoms with van der Waals surface area (Å²) in [6.45, 7) is 12.2. The summed E-state index contributed by atoms with van der Waals surface area (Å²) < 4.78 is 5.59. The lowest BCUT2D eigenvalue weighted by molar-refractivity contribution is -0.146. The van der Waals surface area contributed by atoms with Gasteiger partial charge in [-0.3, -0.25) is 4.79 Å². The summed E-state index contributed by atoms with van der Waals surface area (Å²) in [6, 6.07) is -0.0963. The van der Waals surface area contributed by atoms with Crippen LogP contribution in [0.1, 0.15) is 41.0 Å². The normalized spacial score (nSPS) is 22.4. The molecule has 0 radical (unpaired) electrons. The summed E-state index contributed by atoms with van der Waals surface area (Å²) >= 11 is 0. The highest BCUT2D eigenvalue weighted by molar-refractivity contribution is 5.77. The molecule has 1 heterocycles. The molecule has 17 heavy (non-hydrogen) atoms. The van der Waals surface area contributed by atoms with Crippen LogP contribution in [0.5, 0.6) is 0 Å². The molecule has 1 aliphatic heterocycles. The Morgan fingerprint density at radius 2 is 2.06 bits per heavy atom. The van der Waals surface area contributed by atoms with Gasteiger partial charge in [0.05, 0.1) is 12.2 Å². The Balaban J connectivity index is 2.53. The van der Waals surface area contributed by atoms with E-state index in [4.69, 9.17) is 10.5 Å². The molecule has 1 atom stereocenters. The second-order valence-electron chi connectivity index (χ2n) is 6.60. The van der Waals surface area contributed by atoms with E-state index in [0.717, 1.165) is 0 Å². The standard InChI is InChI=1S/C13H26N2O2/c1-12(2,3)10(14)8-11(16)15-6-7-17-13(4,5)9-15/h10H,6-9,14H2,1-5H3. The molecule has 2 N–H and O–H groups in total. The fourth-order valence-electron chi connectivity index (χ4n) is 1.85. The van der Waals surface area contributed by atoms with E-state index in [1.807, 2.05) is 18.7 Å². The van der Waals surface area contributed by atoms with Crippen molar-refractivity contribution in [2.24, 2.45) is 11.1 Å². The van der Waals surface area contributed by atoms with Gasteiger partial charge in [-0.2, -0.15) is 0 Å². The van der Waals surface area contributed by atoms with Crippen LogP contribution in [0.15, 0.2) is 0 Å². The van der Waals surface area contributed by atoms with E-state index in [9.17, 15) is 4.79 Å². The van der Waals surface area contributed by atoms with Gasteiger partial charge in [-0.05, 0) is 19.3 Å². The fourth-order valence-corrected chi connectivity index (χ4v) is 1.85. The summed E-state index contributed by atoms with van der Waals surface area (Å²) in [7, 11) is 0. The molecule has 1 rings (SSSR count). The van der Waals surface area contributed by atoms with Gasteiger partial charge in [0, 0.05) is 25.6 Å². The van der Waals surface area contributed by atoms with Crippen molar-refractivity contribution in [1.29, 1.82) is 0 Å². The van der Waals surface area contributed by atoms with E-state index in [2.05, 4.69) is 20.8 Å². The highest BCUT2D eigenvalue weighted by Gasteiger charge is 2.32. The molecule has 0 bridgehead atoms. The number of amides is 1. The third-order valence-electron chi connectivity index (χ3n) is 3.29. The first-order chi connectivity index (χ1) is 7.62. The maximum absolute atomic E-state index is 12.1. The molecule has 0 aliphatic carbocycles. The van der Waals surface area contributed by atoms with Crippen molar-refractivity contribution in [2.45, 2.75) is 52.7 Å². The van der Waals surface area contributed by atoms with Crippen molar-refractivity contribution in [3.63, 3.8) is 0 Å². The van der Waals surface area contributed by atoms with E-state index in [-0.39, 0.29) is 23.0 Å². The van der Waals surface area contributed by atoms with Gasteiger partial charge in [-0.25, -0.2) is 0 Å². The molecule has 0 spiro atoms. The second kappa shape index (κ2) is 4.94. The number of hydrogen-bond donors (Lipinski definition) is 1. The zero-order valence-corrected chi connectivity index (χ0v) is 11.7. The fraction of sp³-hybridized carbons (Fsp3) is 0.923. The van der Waals surface area contributed by atoms with Gasteiger partial charge in [0.15, 0.2) is 0 Å². The van der Waals surface area contributed by atoms with Gasteiger partial charge in [-0.1, -0.05) is 20.8 Å². The molecule has 0 aromatic rings. The first-order valence-corrected chi connectivity index (χ1v) is 6.29. The average molecular weight is 242 g/mol. The van der Waals surface area contributed by atoms with Gasteiger partial charge < -0.3 is 15.4 Å². The van der Waals surface area contributed by atoms with Crippen LogP contribution in [0.25, 0.3) is 0 Å². The van der Waals surface area contributed by atoms with Crippen LogP contribution in [-0.4, -0.2) is 42.1 Å². The maximum atomic E-state index is 12.1. The Bertz CT molecular complexity index is 282. The van der Waals surface area contributed by atoms with Crippen LogP contribution in [0.4, 0.5) is 0 Å². The Morgan fingerprint density at radius 1 is 1.47 bits per heavy atom. The summed E-state index contributed by atoms with van der Waals surface area (Å²) in [5, 5.41) is 0. The summed E-state index contributed by atoms with van der Waals surface area (Å²) in [4.78, 5) is 14.0. The van der Waals surface area contributed by atoms with E-state index < -0.39 is 0 Å². The van der Waals surface area contributed by atoms with Crippen LogP contribution in [0, 0.1) is 5.41 Å². The molecule has 100 valence electrons. The number of nitrogens with two attached hydrogens (primary N) is 1. The van der Waals surface area contributed by atoms with Crippen molar-refractivity contribution in [1.82, 2.24) is 4.90 Å². The van der Waals surface area contributed by atoms with Crippen molar-refractivity contribution in [2.75, 3.05) is 19.7 Å². The van der Waals surface area contributed by atoms with Gasteiger partial charge in [0.25, 0.3) is 0 Å². The molecule has 1 unspecified atom stereocenters. The molecule has 0 aromatic carbocycles. The zero-order chi connectivity index (χ0) is 13.3. The van der Waals surface area contributed by atoms with E-state index in [1.165, 1.54) is 0 Å². The average Bonchev–Trinajstić information content (AvgIpc) is 2.14. The predicted octanol–water partition coefficient (Wildman–Crippen LogP) is 1.39. The third kappa shape index (κ3) is 4.28. The highest BCUT2D eigenvalue weighted by atomic mass is 16.5. The smallest absolute Gasteiger partial charge is 0.224 e. The van der Waals surface area contributed by atoms with Gasteiger partial charge in [0.1, 0.15) is 0 Å². The molecule has 0 saturated carbocycles. The van der Waals surface area contributed by atoms with E-state index >= 15 is 0 Å². The highest BCUT2D eigenvalue weighted by Crippen LogP contribution is 2.22. The predicted molar refractivity (Wildman–Crippen MR) is 68.7 cm³/mol. The number of morpholine rings is 1. The summed E-state index contributed by atoms with van der Waals surface area (Å²) in [6.07, 6.45) is 0.416. The SMILES string of the molecule is CC1(C)CN(C(=O)CC(N)C(C)(C)C)CCO1. The topological polar surface area (TPSA) is 55.6 Å². The lowest BCUT2D eigenvalue weighted by atomic mass is 9.85. The van der Waals surface area contributed by atoms with Gasteiger partial charge in [0.2, 0.25) is 5.91 Å². The van der Waals surface area contributed by atoms with E-state index in [0.29, 0.717) is 26.1 Å². The van der Waals surface area contributed by atoms with Crippen LogP contribution in [0.3, 0.4) is 0 Å². The molecule has 1 amide bonds. The number of ether oxygens (including phenoxy) is 1. The Morgan fingerprint density at radius 3 is 2.53 bits per heavy atom. The maximum Gasteiger partial charge on any atom is 0.224 e. The van der Waals surface area contributed by atoms with Crippen molar-refractivity contribution in [3.05, 3.63) is 0 Å². The molecule has 1 aliphatic rings. The number of carbonyl (C=O) groups is 1. The quantitative estimate of drug-likeness (QED) is 0.796. The van der Waals surface area contributed by atoms with Crippen molar-refractivity contribution >= 4 is 5.91 Å². The lowest BCUT2D eigenvalue weighted by Crippen LogP contribution is -2.52. The van der Waals surface area contributed by atoms with Gasteiger partial charge >= 0.3 is 0 Å². The summed E-state index contributed by atoms with van der Waals surface area (Å²) in [5.41, 5.74) is 5.78. The second-order valence-corrected chi connectivity index (χ2v) is 6.60. The first kappa shape index (κ1) is 14.5. The third-order valence-corrected chi connectivity index (χ3v) is 3.29. The molecular formula is C13H26N2O2. The largest absolute Gasteiger partial charge is 0.372 e. The first-order valence-electron chi connectivity index (χ1n) is 6.29. The number of hydrogen-bond acceptors (Lipinski definition) is 3. The number of rotatable bonds is 2. The van der Waals surface area contributed by atoms with Crippen molar-refractivity contribution < 1.29 is 9.53 Å². The molecule has 4 nitrogen and oxygen atoms in total. The Kier molecular flexibility index (Phi) is 4.20. The monoisotopic (exact) mass is 242 g/mol. The van der Waals surface area contributed by atoms with Crippen LogP contribution >= 0.6 is 0 Å². The van der Waals surface area contributed by atoms with Crippen LogP contribution in [-0.2, 0) is 9.53 Å². The summed E-state index contributed by atoms with van der Waals surface area (Å²) in [5.74, 6) is 0.142. The zero-order valence-electron chi connectivity index (χ0n) is 11.7. The minimum Gasteiger partial charge on any atom is -0.372 e.